The van der Waals surface area contributed by atoms with E-state index >= 15 is 0 Å². The molecule has 2 aliphatic heterocycles. The molecule has 0 saturated carbocycles. The molecule has 17 heavy (non-hydrogen) atoms. The van der Waals surface area contributed by atoms with Gasteiger partial charge in [-0.05, 0) is 18.1 Å². The fourth-order valence-electron chi connectivity index (χ4n) is 3.33. The maximum absolute atomic E-state index is 3.63. The lowest BCUT2D eigenvalue weighted by Crippen LogP contribution is -2.48. The van der Waals surface area contributed by atoms with Gasteiger partial charge in [0.15, 0.2) is 0 Å². The minimum Gasteiger partial charge on any atom is -0.357 e. The number of fused-ring (bicyclic) bond motifs is 5. The number of H-pyrrole nitrogens is 1. The number of para-hydroxylation sites is 1. The highest BCUT2D eigenvalue weighted by Gasteiger charge is 2.31. The van der Waals surface area contributed by atoms with Crippen molar-refractivity contribution in [2.75, 3.05) is 26.2 Å². The van der Waals surface area contributed by atoms with Crippen molar-refractivity contribution in [3.05, 3.63) is 35.5 Å². The molecule has 0 spiro atoms. The third kappa shape index (κ3) is 1.36. The third-order valence-electron chi connectivity index (χ3n) is 4.18. The van der Waals surface area contributed by atoms with E-state index in [2.05, 4.69) is 39.5 Å². The maximum atomic E-state index is 3.63. The van der Waals surface area contributed by atoms with Gasteiger partial charge >= 0.3 is 0 Å². The number of hydrogen-bond acceptors (Lipinski definition) is 2. The Morgan fingerprint density at radius 1 is 1.18 bits per heavy atom. The second kappa shape index (κ2) is 3.59. The van der Waals surface area contributed by atoms with Crippen LogP contribution in [0.4, 0.5) is 0 Å². The first-order valence-electron chi connectivity index (χ1n) is 6.48. The van der Waals surface area contributed by atoms with Crippen molar-refractivity contribution in [2.24, 2.45) is 0 Å². The number of nitrogens with one attached hydrogen (secondary N) is 2. The Morgan fingerprint density at radius 2 is 2.12 bits per heavy atom. The first-order valence-corrected chi connectivity index (χ1v) is 6.48. The quantitative estimate of drug-likeness (QED) is 0.717. The smallest absolute Gasteiger partial charge is 0.0628 e. The zero-order valence-electron chi connectivity index (χ0n) is 9.87. The van der Waals surface area contributed by atoms with Crippen molar-refractivity contribution in [3.8, 4) is 0 Å². The zero-order valence-corrected chi connectivity index (χ0v) is 9.87. The van der Waals surface area contributed by atoms with Gasteiger partial charge in [0.1, 0.15) is 0 Å². The normalized spacial score (nSPS) is 24.6. The molecule has 0 bridgehead atoms. The number of aromatic amines is 1. The minimum absolute atomic E-state index is 0.555. The van der Waals surface area contributed by atoms with Crippen LogP contribution in [0.1, 0.15) is 17.3 Å². The van der Waals surface area contributed by atoms with Crippen LogP contribution in [-0.2, 0) is 6.42 Å². The van der Waals surface area contributed by atoms with E-state index in [4.69, 9.17) is 0 Å². The standard InChI is InChI=1S/C14H17N3/c1-2-4-12-10(3-1)11-5-7-17-8-6-15-9-13(17)14(11)16-12/h1-4,13,15-16H,5-9H2. The molecule has 1 aromatic heterocycles. The Morgan fingerprint density at radius 3 is 3.12 bits per heavy atom. The van der Waals surface area contributed by atoms with Crippen LogP contribution in [0.2, 0.25) is 0 Å². The van der Waals surface area contributed by atoms with Crippen molar-refractivity contribution in [1.82, 2.24) is 15.2 Å². The highest BCUT2D eigenvalue weighted by Crippen LogP contribution is 2.34. The summed E-state index contributed by atoms with van der Waals surface area (Å²) < 4.78 is 0. The molecular formula is C14H17N3. The number of rotatable bonds is 0. The van der Waals surface area contributed by atoms with E-state index < -0.39 is 0 Å². The Kier molecular flexibility index (Phi) is 2.04. The number of nitrogens with zero attached hydrogens (tertiary/aromatic N) is 1. The van der Waals surface area contributed by atoms with Crippen LogP contribution in [0, 0.1) is 0 Å². The van der Waals surface area contributed by atoms with E-state index in [9.17, 15) is 0 Å². The molecule has 3 heterocycles. The van der Waals surface area contributed by atoms with E-state index in [1.807, 2.05) is 0 Å². The van der Waals surface area contributed by atoms with Crippen LogP contribution in [-0.4, -0.2) is 36.1 Å². The molecule has 1 fully saturated rings. The largest absolute Gasteiger partial charge is 0.357 e. The molecule has 1 saturated heterocycles. The van der Waals surface area contributed by atoms with Crippen molar-refractivity contribution >= 4 is 10.9 Å². The fraction of sp³-hybridized carbons (Fsp3) is 0.429. The van der Waals surface area contributed by atoms with E-state index in [0.717, 1.165) is 13.1 Å². The van der Waals surface area contributed by atoms with E-state index in [-0.39, 0.29) is 0 Å². The van der Waals surface area contributed by atoms with Gasteiger partial charge in [-0.3, -0.25) is 4.90 Å². The molecule has 4 rings (SSSR count). The van der Waals surface area contributed by atoms with Crippen LogP contribution in [0.3, 0.4) is 0 Å². The molecular weight excluding hydrogens is 210 g/mol. The summed E-state index contributed by atoms with van der Waals surface area (Å²) in [5.74, 6) is 0. The summed E-state index contributed by atoms with van der Waals surface area (Å²) in [4.78, 5) is 6.24. The van der Waals surface area contributed by atoms with Gasteiger partial charge in [-0.1, -0.05) is 18.2 Å². The number of benzene rings is 1. The summed E-state index contributed by atoms with van der Waals surface area (Å²) in [6.45, 7) is 4.60. The van der Waals surface area contributed by atoms with Gasteiger partial charge in [0.05, 0.1) is 6.04 Å². The SMILES string of the molecule is c1ccc2c3c([nH]c2c1)C1CNCCN1CC3. The predicted molar refractivity (Wildman–Crippen MR) is 69.2 cm³/mol. The molecule has 88 valence electrons. The first kappa shape index (κ1) is 9.68. The molecule has 2 aromatic rings. The van der Waals surface area contributed by atoms with Gasteiger partial charge in [-0.15, -0.1) is 0 Å². The number of piperazine rings is 1. The van der Waals surface area contributed by atoms with Crippen molar-refractivity contribution in [1.29, 1.82) is 0 Å². The van der Waals surface area contributed by atoms with E-state index in [0.29, 0.717) is 6.04 Å². The summed E-state index contributed by atoms with van der Waals surface area (Å²) >= 11 is 0. The lowest BCUT2D eigenvalue weighted by Gasteiger charge is -2.39. The number of hydrogen-bond donors (Lipinski definition) is 2. The first-order chi connectivity index (χ1) is 8.43. The second-order valence-electron chi connectivity index (χ2n) is 5.07. The van der Waals surface area contributed by atoms with Crippen molar-refractivity contribution in [2.45, 2.75) is 12.5 Å². The lowest BCUT2D eigenvalue weighted by atomic mass is 9.96. The summed E-state index contributed by atoms with van der Waals surface area (Å²) in [6, 6.07) is 9.24. The predicted octanol–water partition coefficient (Wildman–Crippen LogP) is 1.67. The minimum atomic E-state index is 0.555. The monoisotopic (exact) mass is 227 g/mol. The second-order valence-corrected chi connectivity index (χ2v) is 5.07. The molecule has 3 nitrogen and oxygen atoms in total. The molecule has 1 aromatic carbocycles. The maximum Gasteiger partial charge on any atom is 0.0628 e. The van der Waals surface area contributed by atoms with E-state index in [1.165, 1.54) is 36.1 Å². The van der Waals surface area contributed by atoms with Crippen molar-refractivity contribution in [3.63, 3.8) is 0 Å². The van der Waals surface area contributed by atoms with Crippen LogP contribution in [0.15, 0.2) is 24.3 Å². The van der Waals surface area contributed by atoms with Gasteiger partial charge in [0.25, 0.3) is 0 Å². The fourth-order valence-corrected chi connectivity index (χ4v) is 3.33. The molecule has 3 heteroatoms. The van der Waals surface area contributed by atoms with Crippen molar-refractivity contribution < 1.29 is 0 Å². The van der Waals surface area contributed by atoms with Gasteiger partial charge in [0.2, 0.25) is 0 Å². The molecule has 2 aliphatic rings. The zero-order chi connectivity index (χ0) is 11.2. The van der Waals surface area contributed by atoms with Crippen LogP contribution in [0.25, 0.3) is 10.9 Å². The molecule has 0 radical (unpaired) electrons. The average Bonchev–Trinajstić information content (AvgIpc) is 2.78. The van der Waals surface area contributed by atoms with Gasteiger partial charge in [-0.25, -0.2) is 0 Å². The van der Waals surface area contributed by atoms with Crippen LogP contribution >= 0.6 is 0 Å². The Labute approximate surface area is 101 Å². The topological polar surface area (TPSA) is 31.1 Å². The average molecular weight is 227 g/mol. The Hall–Kier alpha value is -1.32. The molecule has 2 N–H and O–H groups in total. The van der Waals surface area contributed by atoms with Crippen LogP contribution in [0.5, 0.6) is 0 Å². The number of aromatic nitrogens is 1. The third-order valence-corrected chi connectivity index (χ3v) is 4.18. The van der Waals surface area contributed by atoms with Gasteiger partial charge in [-0.2, -0.15) is 0 Å². The van der Waals surface area contributed by atoms with Crippen LogP contribution < -0.4 is 5.32 Å². The summed E-state index contributed by atoms with van der Waals surface area (Å²) in [6.07, 6.45) is 1.19. The summed E-state index contributed by atoms with van der Waals surface area (Å²) in [5, 5.41) is 4.93. The van der Waals surface area contributed by atoms with E-state index in [1.54, 1.807) is 5.56 Å². The molecule has 1 atom stereocenters. The highest BCUT2D eigenvalue weighted by molar-refractivity contribution is 5.85. The molecule has 1 unspecified atom stereocenters. The highest BCUT2D eigenvalue weighted by atomic mass is 15.2. The molecule has 0 amide bonds. The lowest BCUT2D eigenvalue weighted by molar-refractivity contribution is 0.149. The summed E-state index contributed by atoms with van der Waals surface area (Å²) in [7, 11) is 0. The Bertz CT molecular complexity index is 558. The van der Waals surface area contributed by atoms with Gasteiger partial charge < -0.3 is 10.3 Å². The molecule has 0 aliphatic carbocycles. The van der Waals surface area contributed by atoms with Gasteiger partial charge in [0, 0.05) is 42.8 Å². The summed E-state index contributed by atoms with van der Waals surface area (Å²) in [5.41, 5.74) is 4.29. The Balaban J connectivity index is 1.89.